The topological polar surface area (TPSA) is 90.4 Å². The Morgan fingerprint density at radius 1 is 1.21 bits per heavy atom. The highest BCUT2D eigenvalue weighted by Crippen LogP contribution is 2.65. The summed E-state index contributed by atoms with van der Waals surface area (Å²) in [7, 11) is 1.69. The SMILES string of the molecule is C=CCN(C)C(=O)[C@H]1[C@H]2C(=O)N([C@H](C)CO)C(C(=O)N(CC=C)c3c(C)cccc3C)C23CC(C)[C@]1(C)O3. The molecule has 3 unspecified atom stereocenters. The summed E-state index contributed by atoms with van der Waals surface area (Å²) < 4.78 is 6.81. The van der Waals surface area contributed by atoms with Crippen molar-refractivity contribution in [2.24, 2.45) is 17.8 Å². The second-order valence-electron chi connectivity index (χ2n) is 11.5. The number of carbonyl (C=O) groups excluding carboxylic acids is 3. The average molecular weight is 524 g/mol. The van der Waals surface area contributed by atoms with E-state index in [4.69, 9.17) is 4.74 Å². The summed E-state index contributed by atoms with van der Waals surface area (Å²) in [5.41, 5.74) is 0.540. The molecule has 4 rings (SSSR count). The molecule has 38 heavy (non-hydrogen) atoms. The number of rotatable bonds is 9. The second-order valence-corrected chi connectivity index (χ2v) is 11.5. The van der Waals surface area contributed by atoms with E-state index in [1.165, 1.54) is 4.90 Å². The molecule has 0 radical (unpaired) electrons. The Balaban J connectivity index is 1.89. The van der Waals surface area contributed by atoms with Crippen LogP contribution in [0.1, 0.15) is 38.3 Å². The van der Waals surface area contributed by atoms with Gasteiger partial charge in [0.1, 0.15) is 11.6 Å². The minimum absolute atomic E-state index is 0.0645. The maximum atomic E-state index is 14.7. The number of hydrogen-bond acceptors (Lipinski definition) is 5. The van der Waals surface area contributed by atoms with Crippen molar-refractivity contribution < 1.29 is 24.2 Å². The van der Waals surface area contributed by atoms with Crippen LogP contribution in [0.5, 0.6) is 0 Å². The molecule has 3 aliphatic heterocycles. The van der Waals surface area contributed by atoms with Crippen LogP contribution >= 0.6 is 0 Å². The lowest BCUT2D eigenvalue weighted by Gasteiger charge is -2.39. The molecule has 2 bridgehead atoms. The van der Waals surface area contributed by atoms with Gasteiger partial charge in [0, 0.05) is 25.8 Å². The highest BCUT2D eigenvalue weighted by molar-refractivity contribution is 6.06. The zero-order valence-electron chi connectivity index (χ0n) is 23.4. The summed E-state index contributed by atoms with van der Waals surface area (Å²) >= 11 is 0. The van der Waals surface area contributed by atoms with E-state index in [0.29, 0.717) is 13.0 Å². The highest BCUT2D eigenvalue weighted by Gasteiger charge is 2.80. The Hall–Kier alpha value is -2.97. The van der Waals surface area contributed by atoms with Gasteiger partial charge in [-0.2, -0.15) is 0 Å². The molecule has 3 heterocycles. The first-order valence-electron chi connectivity index (χ1n) is 13.4. The summed E-state index contributed by atoms with van der Waals surface area (Å²) in [6, 6.07) is 4.22. The van der Waals surface area contributed by atoms with Crippen molar-refractivity contribution in [1.29, 1.82) is 0 Å². The predicted molar refractivity (Wildman–Crippen MR) is 146 cm³/mol. The number of likely N-dealkylation sites (tertiary alicyclic amines) is 1. The molecule has 1 N–H and O–H groups in total. The number of anilines is 1. The van der Waals surface area contributed by atoms with Gasteiger partial charge in [0.05, 0.1) is 30.1 Å². The van der Waals surface area contributed by atoms with Gasteiger partial charge in [-0.1, -0.05) is 37.3 Å². The fourth-order valence-electron chi connectivity index (χ4n) is 7.21. The summed E-state index contributed by atoms with van der Waals surface area (Å²) in [6.07, 6.45) is 3.78. The number of amides is 3. The number of aliphatic hydroxyl groups excluding tert-OH is 1. The monoisotopic (exact) mass is 523 g/mol. The third-order valence-corrected chi connectivity index (χ3v) is 9.06. The molecule has 0 saturated carbocycles. The first-order valence-corrected chi connectivity index (χ1v) is 13.4. The normalized spacial score (nSPS) is 32.2. The molecule has 3 amide bonds. The van der Waals surface area contributed by atoms with Gasteiger partial charge in [0.15, 0.2) is 0 Å². The number of aryl methyl sites for hydroxylation is 2. The molecule has 206 valence electrons. The summed E-state index contributed by atoms with van der Waals surface area (Å²) in [4.78, 5) is 47.4. The molecule has 8 nitrogen and oxygen atoms in total. The molecule has 3 fully saturated rings. The van der Waals surface area contributed by atoms with Crippen molar-refractivity contribution in [3.63, 3.8) is 0 Å². The van der Waals surface area contributed by atoms with E-state index in [1.807, 2.05) is 45.9 Å². The van der Waals surface area contributed by atoms with Gasteiger partial charge in [0.25, 0.3) is 5.91 Å². The molecule has 0 aliphatic carbocycles. The lowest BCUT2D eigenvalue weighted by atomic mass is 9.62. The van der Waals surface area contributed by atoms with Gasteiger partial charge in [-0.15, -0.1) is 13.2 Å². The number of fused-ring (bicyclic) bond motifs is 1. The van der Waals surface area contributed by atoms with Crippen LogP contribution in [0.4, 0.5) is 5.69 Å². The highest BCUT2D eigenvalue weighted by atomic mass is 16.5. The standard InChI is InChI=1S/C30H41N3O5/c1-9-14-31(8)26(35)22-23-27(36)33(21(6)17-34)25(30(23)16-20(5)29(22,7)38-30)28(37)32(15-10-2)24-18(3)12-11-13-19(24)4/h9-13,20-23,25,34H,1-2,14-17H2,3-8H3/t20?,21-,22-,23+,25?,29+,30?/m1/s1. The third kappa shape index (κ3) is 3.83. The molecule has 1 aromatic carbocycles. The number of benzene rings is 1. The minimum atomic E-state index is -1.18. The van der Waals surface area contributed by atoms with Crippen LogP contribution in [0.25, 0.3) is 0 Å². The summed E-state index contributed by atoms with van der Waals surface area (Å²) in [6.45, 7) is 17.4. The molecule has 0 aromatic heterocycles. The van der Waals surface area contributed by atoms with Gasteiger partial charge in [0.2, 0.25) is 11.8 Å². The van der Waals surface area contributed by atoms with Crippen LogP contribution in [0.3, 0.4) is 0 Å². The van der Waals surface area contributed by atoms with E-state index in [9.17, 15) is 19.5 Å². The van der Waals surface area contributed by atoms with Crippen molar-refractivity contribution in [2.45, 2.75) is 64.3 Å². The molecular weight excluding hydrogens is 482 g/mol. The maximum absolute atomic E-state index is 14.7. The first-order chi connectivity index (χ1) is 17.9. The average Bonchev–Trinajstić information content (AvgIpc) is 3.38. The van der Waals surface area contributed by atoms with Crippen LogP contribution in [-0.4, -0.2) is 82.7 Å². The lowest BCUT2D eigenvalue weighted by molar-refractivity contribution is -0.152. The summed E-state index contributed by atoms with van der Waals surface area (Å²) in [5, 5.41) is 10.2. The quantitative estimate of drug-likeness (QED) is 0.503. The Morgan fingerprint density at radius 2 is 1.82 bits per heavy atom. The Bertz CT molecular complexity index is 1150. The largest absolute Gasteiger partial charge is 0.394 e. The zero-order valence-corrected chi connectivity index (χ0v) is 23.4. The fourth-order valence-corrected chi connectivity index (χ4v) is 7.21. The van der Waals surface area contributed by atoms with Crippen LogP contribution in [-0.2, 0) is 19.1 Å². The number of aliphatic hydroxyl groups is 1. The molecule has 1 aromatic rings. The van der Waals surface area contributed by atoms with Crippen molar-refractivity contribution in [2.75, 3.05) is 31.6 Å². The number of hydrogen-bond donors (Lipinski definition) is 1. The molecular formula is C30H41N3O5. The third-order valence-electron chi connectivity index (χ3n) is 9.06. The van der Waals surface area contributed by atoms with Gasteiger partial charge < -0.3 is 24.5 Å². The van der Waals surface area contributed by atoms with Crippen molar-refractivity contribution in [1.82, 2.24) is 9.80 Å². The van der Waals surface area contributed by atoms with Gasteiger partial charge in [-0.25, -0.2) is 0 Å². The van der Waals surface area contributed by atoms with Crippen molar-refractivity contribution in [3.8, 4) is 0 Å². The van der Waals surface area contributed by atoms with Gasteiger partial charge >= 0.3 is 0 Å². The van der Waals surface area contributed by atoms with Crippen LogP contribution < -0.4 is 4.90 Å². The van der Waals surface area contributed by atoms with E-state index in [1.54, 1.807) is 35.9 Å². The number of ether oxygens (including phenoxy) is 1. The smallest absolute Gasteiger partial charge is 0.253 e. The number of nitrogens with zero attached hydrogens (tertiary/aromatic N) is 3. The Morgan fingerprint density at radius 3 is 2.37 bits per heavy atom. The molecule has 8 heteroatoms. The van der Waals surface area contributed by atoms with E-state index >= 15 is 0 Å². The Kier molecular flexibility index (Phi) is 7.36. The first kappa shape index (κ1) is 28.0. The van der Waals surface area contributed by atoms with E-state index in [-0.39, 0.29) is 36.8 Å². The van der Waals surface area contributed by atoms with Gasteiger partial charge in [-0.3, -0.25) is 14.4 Å². The van der Waals surface area contributed by atoms with Crippen LogP contribution in [0.15, 0.2) is 43.5 Å². The zero-order chi connectivity index (χ0) is 28.2. The number of likely N-dealkylation sites (N-methyl/N-ethyl adjacent to an activating group) is 1. The number of para-hydroxylation sites is 1. The fraction of sp³-hybridized carbons (Fsp3) is 0.567. The molecule has 3 aliphatic rings. The van der Waals surface area contributed by atoms with E-state index in [0.717, 1.165) is 16.8 Å². The molecule has 3 saturated heterocycles. The number of carbonyl (C=O) groups is 3. The van der Waals surface area contributed by atoms with E-state index < -0.39 is 35.1 Å². The summed E-state index contributed by atoms with van der Waals surface area (Å²) in [5.74, 6) is -2.43. The maximum Gasteiger partial charge on any atom is 0.253 e. The molecule has 1 spiro atoms. The van der Waals surface area contributed by atoms with Crippen LogP contribution in [0, 0.1) is 31.6 Å². The predicted octanol–water partition coefficient (Wildman–Crippen LogP) is 2.86. The second kappa shape index (κ2) is 9.97. The van der Waals surface area contributed by atoms with Gasteiger partial charge in [-0.05, 0) is 51.2 Å². The van der Waals surface area contributed by atoms with Crippen LogP contribution in [0.2, 0.25) is 0 Å². The minimum Gasteiger partial charge on any atom is -0.394 e. The van der Waals surface area contributed by atoms with Crippen molar-refractivity contribution >= 4 is 23.4 Å². The lowest BCUT2D eigenvalue weighted by Crippen LogP contribution is -2.59. The Labute approximate surface area is 225 Å². The van der Waals surface area contributed by atoms with E-state index in [2.05, 4.69) is 13.2 Å². The van der Waals surface area contributed by atoms with Crippen molar-refractivity contribution in [3.05, 3.63) is 54.6 Å². The molecule has 7 atom stereocenters.